The van der Waals surface area contributed by atoms with Crippen molar-refractivity contribution >= 4 is 50.8 Å². The lowest BCUT2D eigenvalue weighted by Crippen LogP contribution is -2.13. The summed E-state index contributed by atoms with van der Waals surface area (Å²) in [6, 6.07) is 19.5. The number of carbonyl (C=O) groups is 1. The molecule has 0 atom stereocenters. The van der Waals surface area contributed by atoms with E-state index in [4.69, 9.17) is 0 Å². The van der Waals surface area contributed by atoms with Crippen LogP contribution in [0.1, 0.15) is 27.2 Å². The summed E-state index contributed by atoms with van der Waals surface area (Å²) >= 11 is 2.17. The van der Waals surface area contributed by atoms with Gasteiger partial charge in [0, 0.05) is 33.0 Å². The first-order valence-electron chi connectivity index (χ1n) is 9.97. The molecule has 5 nitrogen and oxygen atoms in total. The Morgan fingerprint density at radius 2 is 1.70 bits per heavy atom. The van der Waals surface area contributed by atoms with Crippen LogP contribution in [-0.4, -0.2) is 16.1 Å². The lowest BCUT2D eigenvalue weighted by molar-refractivity contribution is -0.137. The molecule has 9 heteroatoms. The fourth-order valence-corrected chi connectivity index (χ4v) is 3.90. The Morgan fingerprint density at radius 1 is 0.909 bits per heavy atom. The lowest BCUT2D eigenvalue weighted by Gasteiger charge is -2.12. The molecule has 4 rings (SSSR count). The molecule has 1 aromatic heterocycles. The maximum absolute atomic E-state index is 13.0. The molecular formula is C24H18F3IN4O. The zero-order valence-electron chi connectivity index (χ0n) is 17.2. The second-order valence-corrected chi connectivity index (χ2v) is 8.02. The molecule has 0 saturated carbocycles. The SMILES string of the molecule is O=C(Nc1cccc(C(F)(F)F)c1)c1ccc2c(NCc3ccccc3)nnc(CI)c2c1. The van der Waals surface area contributed by atoms with E-state index in [1.54, 1.807) is 18.2 Å². The molecule has 168 valence electrons. The molecule has 1 heterocycles. The minimum atomic E-state index is -4.49. The second kappa shape index (κ2) is 9.74. The van der Waals surface area contributed by atoms with Gasteiger partial charge in [-0.05, 0) is 42.0 Å². The van der Waals surface area contributed by atoms with Crippen molar-refractivity contribution in [3.8, 4) is 0 Å². The number of hydrogen-bond acceptors (Lipinski definition) is 4. The smallest absolute Gasteiger partial charge is 0.364 e. The Balaban J connectivity index is 1.61. The summed E-state index contributed by atoms with van der Waals surface area (Å²) < 4.78 is 39.5. The van der Waals surface area contributed by atoms with E-state index in [2.05, 4.69) is 43.4 Å². The van der Waals surface area contributed by atoms with Gasteiger partial charge in [0.15, 0.2) is 5.82 Å². The van der Waals surface area contributed by atoms with E-state index < -0.39 is 17.6 Å². The molecule has 0 saturated heterocycles. The molecule has 0 spiro atoms. The van der Waals surface area contributed by atoms with Gasteiger partial charge in [-0.2, -0.15) is 18.3 Å². The van der Waals surface area contributed by atoms with E-state index in [1.165, 1.54) is 12.1 Å². The molecule has 4 aromatic rings. The first-order valence-corrected chi connectivity index (χ1v) is 11.5. The van der Waals surface area contributed by atoms with Crippen molar-refractivity contribution in [3.63, 3.8) is 0 Å². The topological polar surface area (TPSA) is 66.9 Å². The second-order valence-electron chi connectivity index (χ2n) is 7.26. The zero-order chi connectivity index (χ0) is 23.4. The van der Waals surface area contributed by atoms with Crippen LogP contribution in [0.3, 0.4) is 0 Å². The Morgan fingerprint density at radius 3 is 2.42 bits per heavy atom. The maximum atomic E-state index is 13.0. The van der Waals surface area contributed by atoms with Crippen LogP contribution in [0.5, 0.6) is 0 Å². The van der Waals surface area contributed by atoms with E-state index in [0.29, 0.717) is 28.0 Å². The predicted molar refractivity (Wildman–Crippen MR) is 130 cm³/mol. The Kier molecular flexibility index (Phi) is 6.77. The number of nitrogens with zero attached hydrogens (tertiary/aromatic N) is 2. The molecule has 0 radical (unpaired) electrons. The van der Waals surface area contributed by atoms with Gasteiger partial charge in [0.1, 0.15) is 0 Å². The summed E-state index contributed by atoms with van der Waals surface area (Å²) in [4.78, 5) is 12.8. The number of fused-ring (bicyclic) bond motifs is 1. The fraction of sp³-hybridized carbons (Fsp3) is 0.125. The van der Waals surface area contributed by atoms with Crippen LogP contribution in [0.15, 0.2) is 72.8 Å². The van der Waals surface area contributed by atoms with Crippen molar-refractivity contribution < 1.29 is 18.0 Å². The van der Waals surface area contributed by atoms with E-state index in [0.717, 1.165) is 28.5 Å². The monoisotopic (exact) mass is 562 g/mol. The minimum absolute atomic E-state index is 0.0714. The number of nitrogens with one attached hydrogen (secondary N) is 2. The van der Waals surface area contributed by atoms with Crippen LogP contribution in [0.25, 0.3) is 10.8 Å². The summed E-state index contributed by atoms with van der Waals surface area (Å²) in [5.74, 6) is 0.0820. The van der Waals surface area contributed by atoms with Crippen molar-refractivity contribution in [2.24, 2.45) is 0 Å². The average Bonchev–Trinajstić information content (AvgIpc) is 2.82. The number of alkyl halides is 4. The highest BCUT2D eigenvalue weighted by Crippen LogP contribution is 2.31. The summed E-state index contributed by atoms with van der Waals surface area (Å²) in [6.07, 6.45) is -4.49. The van der Waals surface area contributed by atoms with Gasteiger partial charge in [0.25, 0.3) is 5.91 Å². The first-order chi connectivity index (χ1) is 15.8. The molecular weight excluding hydrogens is 544 g/mol. The van der Waals surface area contributed by atoms with E-state index in [1.807, 2.05) is 30.3 Å². The molecule has 0 fully saturated rings. The maximum Gasteiger partial charge on any atom is 0.416 e. The van der Waals surface area contributed by atoms with E-state index in [-0.39, 0.29) is 5.69 Å². The van der Waals surface area contributed by atoms with Gasteiger partial charge in [-0.3, -0.25) is 4.79 Å². The highest BCUT2D eigenvalue weighted by molar-refractivity contribution is 14.1. The molecule has 3 aromatic carbocycles. The zero-order valence-corrected chi connectivity index (χ0v) is 19.3. The van der Waals surface area contributed by atoms with Gasteiger partial charge in [0.05, 0.1) is 11.3 Å². The molecule has 0 bridgehead atoms. The van der Waals surface area contributed by atoms with Crippen LogP contribution < -0.4 is 10.6 Å². The van der Waals surface area contributed by atoms with Crippen LogP contribution in [0.4, 0.5) is 24.7 Å². The number of rotatable bonds is 6. The molecule has 2 N–H and O–H groups in total. The summed E-state index contributed by atoms with van der Waals surface area (Å²) in [5, 5.41) is 16.0. The van der Waals surface area contributed by atoms with Crippen molar-refractivity contribution in [1.82, 2.24) is 10.2 Å². The van der Waals surface area contributed by atoms with E-state index in [9.17, 15) is 18.0 Å². The third kappa shape index (κ3) is 5.41. The van der Waals surface area contributed by atoms with Crippen molar-refractivity contribution in [1.29, 1.82) is 0 Å². The highest BCUT2D eigenvalue weighted by Gasteiger charge is 2.30. The number of hydrogen-bond donors (Lipinski definition) is 2. The number of amides is 1. The van der Waals surface area contributed by atoms with Gasteiger partial charge < -0.3 is 10.6 Å². The average molecular weight is 562 g/mol. The molecule has 0 aliphatic rings. The Bertz CT molecular complexity index is 1300. The first kappa shape index (κ1) is 23.0. The Hall–Kier alpha value is -3.21. The van der Waals surface area contributed by atoms with Gasteiger partial charge in [-0.25, -0.2) is 0 Å². The number of benzene rings is 3. The Labute approximate surface area is 201 Å². The molecule has 33 heavy (non-hydrogen) atoms. The quantitative estimate of drug-likeness (QED) is 0.210. The summed E-state index contributed by atoms with van der Waals surface area (Å²) in [5.41, 5.74) is 1.36. The molecule has 0 unspecified atom stereocenters. The number of carbonyl (C=O) groups excluding carboxylic acids is 1. The summed E-state index contributed by atoms with van der Waals surface area (Å²) in [7, 11) is 0. The van der Waals surface area contributed by atoms with Crippen molar-refractivity contribution in [2.75, 3.05) is 10.6 Å². The number of anilines is 2. The van der Waals surface area contributed by atoms with Crippen molar-refractivity contribution in [3.05, 3.63) is 95.2 Å². The van der Waals surface area contributed by atoms with Gasteiger partial charge in [0.2, 0.25) is 0 Å². The standard InChI is InChI=1S/C24H18F3IN4O/c25-24(26,27)17-7-4-8-18(12-17)30-23(33)16-9-10-19-20(11-16)21(13-28)31-32-22(19)29-14-15-5-2-1-3-6-15/h1-12H,13-14H2,(H,29,32)(H,30,33). The van der Waals surface area contributed by atoms with Crippen LogP contribution in [-0.2, 0) is 17.1 Å². The molecule has 0 aliphatic carbocycles. The van der Waals surface area contributed by atoms with Crippen LogP contribution >= 0.6 is 22.6 Å². The van der Waals surface area contributed by atoms with Gasteiger partial charge in [-0.1, -0.05) is 59.0 Å². The third-order valence-electron chi connectivity index (χ3n) is 5.00. The van der Waals surface area contributed by atoms with Crippen LogP contribution in [0, 0.1) is 0 Å². The summed E-state index contributed by atoms with van der Waals surface area (Å²) in [6.45, 7) is 0.561. The normalized spacial score (nSPS) is 11.4. The fourth-order valence-electron chi connectivity index (χ4n) is 3.34. The molecule has 1 amide bonds. The predicted octanol–water partition coefficient (Wildman–Crippen LogP) is 6.45. The van der Waals surface area contributed by atoms with Crippen LogP contribution in [0.2, 0.25) is 0 Å². The van der Waals surface area contributed by atoms with Crippen molar-refractivity contribution in [2.45, 2.75) is 17.1 Å². The van der Waals surface area contributed by atoms with E-state index >= 15 is 0 Å². The minimum Gasteiger partial charge on any atom is -0.364 e. The molecule has 0 aliphatic heterocycles. The van der Waals surface area contributed by atoms with Gasteiger partial charge in [-0.15, -0.1) is 5.10 Å². The lowest BCUT2D eigenvalue weighted by atomic mass is 10.1. The third-order valence-corrected chi connectivity index (χ3v) is 5.72. The van der Waals surface area contributed by atoms with Gasteiger partial charge >= 0.3 is 6.18 Å². The highest BCUT2D eigenvalue weighted by atomic mass is 127. The number of aromatic nitrogens is 2. The number of halogens is 4. The largest absolute Gasteiger partial charge is 0.416 e.